The number of nitrogens with zero attached hydrogens (tertiary/aromatic N) is 2. The Bertz CT molecular complexity index is 1190. The minimum Gasteiger partial charge on any atom is -0.497 e. The maximum Gasteiger partial charge on any atom is 0.331 e. The number of aromatic nitrogens is 2. The Morgan fingerprint density at radius 2 is 1.77 bits per heavy atom. The van der Waals surface area contributed by atoms with Crippen molar-refractivity contribution in [2.24, 2.45) is 5.92 Å². The molecule has 2 aromatic carbocycles. The minimum atomic E-state index is -0.510. The zero-order valence-electron chi connectivity index (χ0n) is 17.5. The average Bonchev–Trinajstić information content (AvgIpc) is 2.74. The largest absolute Gasteiger partial charge is 0.497 e. The molecule has 1 aromatic heterocycles. The molecule has 0 bridgehead atoms. The van der Waals surface area contributed by atoms with E-state index in [9.17, 15) is 14.4 Å². The van der Waals surface area contributed by atoms with Gasteiger partial charge in [0, 0.05) is 12.6 Å². The van der Waals surface area contributed by atoms with E-state index in [2.05, 4.69) is 5.32 Å². The van der Waals surface area contributed by atoms with Gasteiger partial charge in [-0.05, 0) is 30.2 Å². The molecule has 30 heavy (non-hydrogen) atoms. The molecule has 0 unspecified atom stereocenters. The lowest BCUT2D eigenvalue weighted by Crippen LogP contribution is -2.42. The summed E-state index contributed by atoms with van der Waals surface area (Å²) in [6, 6.07) is 11.8. The molecule has 8 nitrogen and oxygen atoms in total. The highest BCUT2D eigenvalue weighted by Crippen LogP contribution is 2.29. The molecule has 3 rings (SSSR count). The van der Waals surface area contributed by atoms with Crippen LogP contribution in [0.3, 0.4) is 0 Å². The summed E-state index contributed by atoms with van der Waals surface area (Å²) in [7, 11) is 3.03. The molecule has 1 amide bonds. The van der Waals surface area contributed by atoms with Gasteiger partial charge >= 0.3 is 5.69 Å². The van der Waals surface area contributed by atoms with Crippen LogP contribution in [0.1, 0.15) is 13.8 Å². The van der Waals surface area contributed by atoms with Crippen molar-refractivity contribution in [1.82, 2.24) is 9.13 Å². The van der Waals surface area contributed by atoms with Crippen molar-refractivity contribution in [3.63, 3.8) is 0 Å². The van der Waals surface area contributed by atoms with E-state index in [4.69, 9.17) is 9.47 Å². The van der Waals surface area contributed by atoms with E-state index in [1.165, 1.54) is 23.4 Å². The number of carbonyl (C=O) groups is 1. The third-order valence-electron chi connectivity index (χ3n) is 4.66. The Balaban J connectivity index is 2.00. The number of hydrogen-bond acceptors (Lipinski definition) is 5. The van der Waals surface area contributed by atoms with Crippen LogP contribution in [0, 0.1) is 5.92 Å². The zero-order valence-corrected chi connectivity index (χ0v) is 17.5. The normalized spacial score (nSPS) is 11.0. The smallest absolute Gasteiger partial charge is 0.331 e. The highest BCUT2D eigenvalue weighted by Gasteiger charge is 2.17. The van der Waals surface area contributed by atoms with E-state index >= 15 is 0 Å². The number of para-hydroxylation sites is 1. The number of hydrogen-bond donors (Lipinski definition) is 1. The Morgan fingerprint density at radius 3 is 2.43 bits per heavy atom. The number of ether oxygens (including phenoxy) is 2. The minimum absolute atomic E-state index is 0.0994. The summed E-state index contributed by atoms with van der Waals surface area (Å²) < 4.78 is 13.0. The van der Waals surface area contributed by atoms with Crippen LogP contribution in [0.15, 0.2) is 52.1 Å². The first-order valence-electron chi connectivity index (χ1n) is 9.60. The summed E-state index contributed by atoms with van der Waals surface area (Å²) in [4.78, 5) is 38.6. The topological polar surface area (TPSA) is 91.6 Å². The van der Waals surface area contributed by atoms with Crippen molar-refractivity contribution in [3.05, 3.63) is 63.3 Å². The van der Waals surface area contributed by atoms with Gasteiger partial charge in [0.25, 0.3) is 5.56 Å². The molecule has 0 fully saturated rings. The molecule has 0 spiro atoms. The van der Waals surface area contributed by atoms with Gasteiger partial charge in [-0.1, -0.05) is 26.0 Å². The van der Waals surface area contributed by atoms with Gasteiger partial charge in [0.1, 0.15) is 18.0 Å². The van der Waals surface area contributed by atoms with Crippen LogP contribution in [-0.4, -0.2) is 29.3 Å². The molecule has 1 heterocycles. The number of anilines is 1. The van der Waals surface area contributed by atoms with Crippen LogP contribution in [0.25, 0.3) is 10.9 Å². The van der Waals surface area contributed by atoms with Crippen molar-refractivity contribution in [2.45, 2.75) is 26.9 Å². The average molecular weight is 411 g/mol. The summed E-state index contributed by atoms with van der Waals surface area (Å²) in [6.45, 7) is 3.88. The maximum atomic E-state index is 13.0. The van der Waals surface area contributed by atoms with E-state index in [0.717, 1.165) is 0 Å². The van der Waals surface area contributed by atoms with Gasteiger partial charge in [0.05, 0.1) is 30.8 Å². The highest BCUT2D eigenvalue weighted by molar-refractivity contribution is 5.93. The van der Waals surface area contributed by atoms with Crippen LogP contribution in [0.4, 0.5) is 5.69 Å². The number of nitrogens with one attached hydrogen (secondary N) is 1. The van der Waals surface area contributed by atoms with Crippen LogP contribution in [-0.2, 0) is 17.9 Å². The Kier molecular flexibility index (Phi) is 6.25. The van der Waals surface area contributed by atoms with Crippen molar-refractivity contribution < 1.29 is 14.3 Å². The zero-order chi connectivity index (χ0) is 21.8. The van der Waals surface area contributed by atoms with Gasteiger partial charge in [-0.2, -0.15) is 0 Å². The second-order valence-corrected chi connectivity index (χ2v) is 7.31. The molecule has 3 aromatic rings. The maximum absolute atomic E-state index is 13.0. The fraction of sp³-hybridized carbons (Fsp3) is 0.318. The monoisotopic (exact) mass is 411 g/mol. The fourth-order valence-corrected chi connectivity index (χ4v) is 3.28. The van der Waals surface area contributed by atoms with Crippen LogP contribution in [0.2, 0.25) is 0 Å². The van der Waals surface area contributed by atoms with Crippen molar-refractivity contribution in [1.29, 1.82) is 0 Å². The second kappa shape index (κ2) is 8.86. The highest BCUT2D eigenvalue weighted by atomic mass is 16.5. The first-order valence-corrected chi connectivity index (χ1v) is 9.60. The molecular weight excluding hydrogens is 386 g/mol. The third-order valence-corrected chi connectivity index (χ3v) is 4.66. The lowest BCUT2D eigenvalue weighted by Gasteiger charge is -2.16. The van der Waals surface area contributed by atoms with Gasteiger partial charge in [0.15, 0.2) is 0 Å². The van der Waals surface area contributed by atoms with Crippen molar-refractivity contribution in [2.75, 3.05) is 19.5 Å². The van der Waals surface area contributed by atoms with E-state index in [1.54, 1.807) is 42.5 Å². The fourth-order valence-electron chi connectivity index (χ4n) is 3.28. The lowest BCUT2D eigenvalue weighted by atomic mass is 10.2. The molecule has 0 aliphatic carbocycles. The summed E-state index contributed by atoms with van der Waals surface area (Å²) in [5, 5.41) is 3.16. The Labute approximate surface area is 173 Å². The predicted octanol–water partition coefficient (Wildman–Crippen LogP) is 2.48. The summed E-state index contributed by atoms with van der Waals surface area (Å²) in [5.74, 6) is 0.709. The van der Waals surface area contributed by atoms with Crippen LogP contribution < -0.4 is 26.0 Å². The number of amides is 1. The van der Waals surface area contributed by atoms with Gasteiger partial charge in [0.2, 0.25) is 5.91 Å². The van der Waals surface area contributed by atoms with E-state index < -0.39 is 11.6 Å². The lowest BCUT2D eigenvalue weighted by molar-refractivity contribution is -0.116. The predicted molar refractivity (Wildman–Crippen MR) is 115 cm³/mol. The van der Waals surface area contributed by atoms with Gasteiger partial charge < -0.3 is 14.8 Å². The van der Waals surface area contributed by atoms with Crippen LogP contribution in [0.5, 0.6) is 11.5 Å². The van der Waals surface area contributed by atoms with E-state index in [1.807, 2.05) is 13.8 Å². The third kappa shape index (κ3) is 4.22. The number of rotatable bonds is 7. The molecule has 0 atom stereocenters. The number of benzene rings is 2. The first kappa shape index (κ1) is 21.2. The molecule has 0 aliphatic rings. The van der Waals surface area contributed by atoms with Gasteiger partial charge in [-0.25, -0.2) is 4.79 Å². The number of methoxy groups -OCH3 is 2. The van der Waals surface area contributed by atoms with Gasteiger partial charge in [-0.3, -0.25) is 18.7 Å². The Morgan fingerprint density at radius 1 is 1.03 bits per heavy atom. The first-order chi connectivity index (χ1) is 14.3. The molecule has 0 saturated carbocycles. The molecule has 0 saturated heterocycles. The molecule has 1 N–H and O–H groups in total. The molecule has 158 valence electrons. The standard InChI is InChI=1S/C22H25N3O5/c1-14(2)12-25-21(27)16-7-5-6-8-18(16)24(22(25)28)13-20(26)23-17-10-9-15(29-3)11-19(17)30-4/h5-11,14H,12-13H2,1-4H3,(H,23,26). The van der Waals surface area contributed by atoms with Gasteiger partial charge in [-0.15, -0.1) is 0 Å². The van der Waals surface area contributed by atoms with E-state index in [0.29, 0.717) is 28.1 Å². The summed E-state index contributed by atoms with van der Waals surface area (Å²) >= 11 is 0. The number of fused-ring (bicyclic) bond motifs is 1. The second-order valence-electron chi connectivity index (χ2n) is 7.31. The van der Waals surface area contributed by atoms with Crippen molar-refractivity contribution in [3.8, 4) is 11.5 Å². The SMILES string of the molecule is COc1ccc(NC(=O)Cn2c(=O)n(CC(C)C)c(=O)c3ccccc32)c(OC)c1. The number of carbonyl (C=O) groups excluding carboxylic acids is 1. The van der Waals surface area contributed by atoms with Crippen LogP contribution >= 0.6 is 0 Å². The Hall–Kier alpha value is -3.55. The molecular formula is C22H25N3O5. The summed E-state index contributed by atoms with van der Waals surface area (Å²) in [6.07, 6.45) is 0. The van der Waals surface area contributed by atoms with Crippen molar-refractivity contribution >= 4 is 22.5 Å². The molecule has 0 aliphatic heterocycles. The molecule has 0 radical (unpaired) electrons. The molecule has 8 heteroatoms. The van der Waals surface area contributed by atoms with E-state index in [-0.39, 0.29) is 24.6 Å². The summed E-state index contributed by atoms with van der Waals surface area (Å²) in [5.41, 5.74) is 0.0162. The quantitative estimate of drug-likeness (QED) is 0.645.